The molecule has 0 radical (unpaired) electrons. The molecule has 0 heterocycles. The van der Waals surface area contributed by atoms with Crippen LogP contribution in [0.4, 0.5) is 17.6 Å². The van der Waals surface area contributed by atoms with Crippen LogP contribution in [0, 0.1) is 0 Å². The molecule has 0 bridgehead atoms. The third-order valence-corrected chi connectivity index (χ3v) is 1.21. The van der Waals surface area contributed by atoms with Gasteiger partial charge in [0.05, 0.1) is 0 Å². The molecule has 2 N–H and O–H groups in total. The van der Waals surface area contributed by atoms with E-state index in [1.54, 1.807) is 0 Å². The summed E-state index contributed by atoms with van der Waals surface area (Å²) in [5.41, 5.74) is 0. The summed E-state index contributed by atoms with van der Waals surface area (Å²) in [4.78, 5) is 9.63. The number of hydrogen-bond acceptors (Lipinski definition) is 2. The predicted octanol–water partition coefficient (Wildman–Crippen LogP) is 0.722. The quantitative estimate of drug-likeness (QED) is 0.644. The molecule has 72 valence electrons. The molecule has 0 rings (SSSR count). The molecule has 0 saturated heterocycles. The monoisotopic (exact) mass is 190 g/mol. The number of halogens is 4. The fourth-order valence-electron chi connectivity index (χ4n) is 0.405. The van der Waals surface area contributed by atoms with Crippen LogP contribution < -0.4 is 0 Å². The van der Waals surface area contributed by atoms with Crippen molar-refractivity contribution in [3.8, 4) is 0 Å². The van der Waals surface area contributed by atoms with Gasteiger partial charge >= 0.3 is 17.8 Å². The highest BCUT2D eigenvalue weighted by Crippen LogP contribution is 2.36. The zero-order valence-electron chi connectivity index (χ0n) is 5.89. The predicted molar refractivity (Wildman–Crippen MR) is 29.2 cm³/mol. The van der Waals surface area contributed by atoms with Crippen molar-refractivity contribution in [3.05, 3.63) is 0 Å². The zero-order chi connectivity index (χ0) is 10.2. The molecule has 0 aromatic rings. The number of aliphatic hydroxyl groups is 1. The average molecular weight is 190 g/mol. The van der Waals surface area contributed by atoms with Crippen LogP contribution >= 0.6 is 0 Å². The molecule has 0 amide bonds. The molecule has 0 spiro atoms. The van der Waals surface area contributed by atoms with Gasteiger partial charge in [0, 0.05) is 0 Å². The first-order valence-corrected chi connectivity index (χ1v) is 2.81. The Morgan fingerprint density at radius 3 is 1.75 bits per heavy atom. The number of aliphatic carboxylic acids is 1. The lowest BCUT2D eigenvalue weighted by molar-refractivity contribution is -0.251. The fraction of sp³-hybridized carbons (Fsp3) is 0.800. The molecule has 0 aliphatic rings. The van der Waals surface area contributed by atoms with Gasteiger partial charge in [-0.05, 0) is 6.92 Å². The van der Waals surface area contributed by atoms with Crippen LogP contribution in [0.25, 0.3) is 0 Å². The zero-order valence-corrected chi connectivity index (χ0v) is 5.89. The van der Waals surface area contributed by atoms with Crippen molar-refractivity contribution in [1.82, 2.24) is 0 Å². The molecule has 0 aliphatic heterocycles. The standard InChI is InChI=1S/C5H6F4O3/c1-2(10)4(6,7)5(8,9)3(11)12/h2,10H,1H3,(H,11,12). The third kappa shape index (κ3) is 1.50. The maximum atomic E-state index is 12.2. The lowest BCUT2D eigenvalue weighted by Gasteiger charge is -2.24. The van der Waals surface area contributed by atoms with E-state index >= 15 is 0 Å². The Balaban J connectivity index is 4.88. The Labute approximate surface area is 64.6 Å². The van der Waals surface area contributed by atoms with Gasteiger partial charge in [-0.1, -0.05) is 0 Å². The third-order valence-electron chi connectivity index (χ3n) is 1.21. The summed E-state index contributed by atoms with van der Waals surface area (Å²) in [6.07, 6.45) is -2.72. The van der Waals surface area contributed by atoms with Crippen molar-refractivity contribution >= 4 is 5.97 Å². The number of carbonyl (C=O) groups is 1. The van der Waals surface area contributed by atoms with E-state index in [4.69, 9.17) is 10.2 Å². The molecule has 0 aromatic heterocycles. The van der Waals surface area contributed by atoms with Gasteiger partial charge in [0.25, 0.3) is 0 Å². The Kier molecular flexibility index (Phi) is 2.68. The summed E-state index contributed by atoms with van der Waals surface area (Å²) in [6, 6.07) is 0. The van der Waals surface area contributed by atoms with Crippen LogP contribution in [0.2, 0.25) is 0 Å². The Bertz CT molecular complexity index is 189. The van der Waals surface area contributed by atoms with E-state index in [1.165, 1.54) is 0 Å². The summed E-state index contributed by atoms with van der Waals surface area (Å²) in [5.74, 6) is -13.2. The number of rotatable bonds is 3. The number of carboxylic acids is 1. The highest BCUT2D eigenvalue weighted by atomic mass is 19.3. The first-order valence-electron chi connectivity index (χ1n) is 2.81. The Morgan fingerprint density at radius 2 is 1.67 bits per heavy atom. The molecule has 0 aliphatic carbocycles. The maximum absolute atomic E-state index is 12.2. The van der Waals surface area contributed by atoms with Crippen LogP contribution in [-0.2, 0) is 4.79 Å². The summed E-state index contributed by atoms with van der Waals surface area (Å²) in [6.45, 7) is 0.386. The highest BCUT2D eigenvalue weighted by molar-refractivity contribution is 5.76. The first-order chi connectivity index (χ1) is 5.14. The van der Waals surface area contributed by atoms with Crippen LogP contribution in [0.5, 0.6) is 0 Å². The van der Waals surface area contributed by atoms with E-state index < -0.39 is 23.9 Å². The van der Waals surface area contributed by atoms with E-state index in [9.17, 15) is 22.4 Å². The lowest BCUT2D eigenvalue weighted by atomic mass is 10.1. The maximum Gasteiger partial charge on any atom is 0.406 e. The van der Waals surface area contributed by atoms with E-state index in [1.807, 2.05) is 0 Å². The SMILES string of the molecule is CC(O)C(F)(F)C(F)(F)C(=O)O. The molecular formula is C5H6F4O3. The number of aliphatic hydroxyl groups excluding tert-OH is 1. The Morgan fingerprint density at radius 1 is 1.33 bits per heavy atom. The van der Waals surface area contributed by atoms with Gasteiger partial charge in [-0.25, -0.2) is 4.79 Å². The van der Waals surface area contributed by atoms with E-state index in [2.05, 4.69) is 0 Å². The minimum atomic E-state index is -5.25. The van der Waals surface area contributed by atoms with Crippen molar-refractivity contribution in [2.75, 3.05) is 0 Å². The second-order valence-electron chi connectivity index (χ2n) is 2.18. The van der Waals surface area contributed by atoms with Crippen LogP contribution in [0.1, 0.15) is 6.92 Å². The molecular weight excluding hydrogens is 184 g/mol. The van der Waals surface area contributed by atoms with E-state index in [0.717, 1.165) is 0 Å². The molecule has 12 heavy (non-hydrogen) atoms. The topological polar surface area (TPSA) is 57.5 Å². The van der Waals surface area contributed by atoms with Crippen molar-refractivity contribution < 1.29 is 32.6 Å². The number of alkyl halides is 4. The first kappa shape index (κ1) is 11.2. The highest BCUT2D eigenvalue weighted by Gasteiger charge is 2.65. The molecule has 3 nitrogen and oxygen atoms in total. The summed E-state index contributed by atoms with van der Waals surface area (Å²) < 4.78 is 48.5. The molecule has 1 atom stereocenters. The van der Waals surface area contributed by atoms with Crippen molar-refractivity contribution in [2.24, 2.45) is 0 Å². The summed E-state index contributed by atoms with van der Waals surface area (Å²) in [5, 5.41) is 15.9. The van der Waals surface area contributed by atoms with Gasteiger partial charge in [0.1, 0.15) is 6.10 Å². The van der Waals surface area contributed by atoms with Gasteiger partial charge in [-0.15, -0.1) is 0 Å². The van der Waals surface area contributed by atoms with Crippen LogP contribution in [0.15, 0.2) is 0 Å². The average Bonchev–Trinajstić information content (AvgIpc) is 1.86. The van der Waals surface area contributed by atoms with Crippen molar-refractivity contribution in [1.29, 1.82) is 0 Å². The summed E-state index contributed by atoms with van der Waals surface area (Å²) >= 11 is 0. The van der Waals surface area contributed by atoms with Gasteiger partial charge in [0.15, 0.2) is 0 Å². The fourth-order valence-corrected chi connectivity index (χ4v) is 0.405. The van der Waals surface area contributed by atoms with Gasteiger partial charge in [-0.2, -0.15) is 17.6 Å². The molecule has 7 heteroatoms. The van der Waals surface area contributed by atoms with Crippen molar-refractivity contribution in [2.45, 2.75) is 24.9 Å². The normalized spacial score (nSPS) is 15.8. The molecule has 0 saturated carbocycles. The molecule has 0 fully saturated rings. The number of hydrogen-bond donors (Lipinski definition) is 2. The number of carboxylic acid groups (broad SMARTS) is 1. The minimum absolute atomic E-state index is 0.386. The minimum Gasteiger partial charge on any atom is -0.477 e. The van der Waals surface area contributed by atoms with Gasteiger partial charge < -0.3 is 10.2 Å². The van der Waals surface area contributed by atoms with E-state index in [0.29, 0.717) is 6.92 Å². The second kappa shape index (κ2) is 2.89. The second-order valence-corrected chi connectivity index (χ2v) is 2.18. The van der Waals surface area contributed by atoms with E-state index in [-0.39, 0.29) is 0 Å². The smallest absolute Gasteiger partial charge is 0.406 e. The molecule has 1 unspecified atom stereocenters. The molecule has 0 aromatic carbocycles. The summed E-state index contributed by atoms with van der Waals surface area (Å²) in [7, 11) is 0. The van der Waals surface area contributed by atoms with Crippen LogP contribution in [-0.4, -0.2) is 34.1 Å². The largest absolute Gasteiger partial charge is 0.477 e. The Hall–Kier alpha value is -0.850. The lowest BCUT2D eigenvalue weighted by Crippen LogP contribution is -2.53. The van der Waals surface area contributed by atoms with Gasteiger partial charge in [-0.3, -0.25) is 0 Å². The van der Waals surface area contributed by atoms with Crippen LogP contribution in [0.3, 0.4) is 0 Å². The van der Waals surface area contributed by atoms with Crippen molar-refractivity contribution in [3.63, 3.8) is 0 Å². The van der Waals surface area contributed by atoms with Gasteiger partial charge in [0.2, 0.25) is 0 Å².